The van der Waals surface area contributed by atoms with E-state index in [9.17, 15) is 0 Å². The van der Waals surface area contributed by atoms with E-state index in [1.807, 2.05) is 26.8 Å². The Hall–Kier alpha value is 0.905. The van der Waals surface area contributed by atoms with Crippen molar-refractivity contribution in [1.82, 2.24) is 0 Å². The molecule has 0 amide bonds. The number of allylic oxidation sites excluding steroid dienone is 8. The summed E-state index contributed by atoms with van der Waals surface area (Å²) in [5.41, 5.74) is 2.85. The van der Waals surface area contributed by atoms with Crippen LogP contribution in [0.5, 0.6) is 0 Å². The first-order valence-electron chi connectivity index (χ1n) is 9.81. The molecule has 0 aromatic heterocycles. The number of hydrogen-bond donors (Lipinski definition) is 0. The van der Waals surface area contributed by atoms with Crippen LogP contribution in [0.25, 0.3) is 0 Å². The predicted molar refractivity (Wildman–Crippen MR) is 151 cm³/mol. The molecule has 0 heterocycles. The molecular formula is C24H48Cl2Si3Ti-4. The Bertz CT molecular complexity index is 539. The summed E-state index contributed by atoms with van der Waals surface area (Å²) in [4.78, 5) is 0. The van der Waals surface area contributed by atoms with Gasteiger partial charge in [0, 0.05) is 0 Å². The molecule has 0 radical (unpaired) electrons. The summed E-state index contributed by atoms with van der Waals surface area (Å²) in [6, 6.07) is 0. The summed E-state index contributed by atoms with van der Waals surface area (Å²) in [5, 5.41) is 3.32. The van der Waals surface area contributed by atoms with Crippen molar-refractivity contribution >= 4 is 48.6 Å². The van der Waals surface area contributed by atoms with Crippen molar-refractivity contribution in [2.75, 3.05) is 0 Å². The zero-order valence-corrected chi connectivity index (χ0v) is 28.4. The average molecular weight is 540 g/mol. The Morgan fingerprint density at radius 1 is 0.700 bits per heavy atom. The molecular weight excluding hydrogens is 491 g/mol. The third-order valence-corrected chi connectivity index (χ3v) is 9.29. The van der Waals surface area contributed by atoms with Crippen LogP contribution in [0.3, 0.4) is 0 Å². The topological polar surface area (TPSA) is 0 Å². The molecule has 2 aliphatic carbocycles. The monoisotopic (exact) mass is 538 g/mol. The first-order valence-corrected chi connectivity index (χ1v) is 20.8. The SMILES string of the molecule is CC(C)C1=[C-]CC([Si](C)(C)C)=C1.CC(C)C1=[C-]CC([Si](C)(C)C)=C1.Cl.Cl.[CH3-].[CH3-].[SiH2]=[Ti]. The van der Waals surface area contributed by atoms with Crippen LogP contribution in [-0.2, 0) is 19.2 Å². The molecule has 0 saturated carbocycles. The molecule has 0 unspecified atom stereocenters. The fourth-order valence-electron chi connectivity index (χ4n) is 2.68. The summed E-state index contributed by atoms with van der Waals surface area (Å²) in [7, 11) is -0.207. The van der Waals surface area contributed by atoms with Crippen LogP contribution in [0.1, 0.15) is 40.5 Å². The maximum absolute atomic E-state index is 3.47. The molecule has 6 heteroatoms. The molecule has 0 bridgehead atoms. The van der Waals surface area contributed by atoms with Gasteiger partial charge in [0.1, 0.15) is 0 Å². The van der Waals surface area contributed by atoms with Crippen LogP contribution in [-0.4, -0.2) is 23.8 Å². The van der Waals surface area contributed by atoms with E-state index in [4.69, 9.17) is 0 Å². The second-order valence-corrected chi connectivity index (χ2v) is 20.1. The third-order valence-electron chi connectivity index (χ3n) is 4.80. The quantitative estimate of drug-likeness (QED) is 0.251. The van der Waals surface area contributed by atoms with E-state index in [1.165, 1.54) is 11.1 Å². The number of rotatable bonds is 4. The number of halogens is 2. The average Bonchev–Trinajstić information content (AvgIpc) is 3.18. The number of hydrogen-bond acceptors (Lipinski definition) is 0. The molecule has 0 fully saturated rings. The Kier molecular flexibility index (Phi) is 25.2. The zero-order valence-electron chi connectivity index (χ0n) is 21.7. The van der Waals surface area contributed by atoms with Gasteiger partial charge in [-0.2, -0.15) is 10.4 Å². The summed E-state index contributed by atoms with van der Waals surface area (Å²) < 4.78 is 0. The molecule has 0 aromatic rings. The van der Waals surface area contributed by atoms with E-state index in [0.29, 0.717) is 11.8 Å². The van der Waals surface area contributed by atoms with Crippen LogP contribution in [0.15, 0.2) is 33.7 Å². The molecule has 2 aliphatic rings. The van der Waals surface area contributed by atoms with E-state index < -0.39 is 16.1 Å². The van der Waals surface area contributed by atoms with Crippen molar-refractivity contribution < 1.29 is 19.2 Å². The Balaban J connectivity index is -0.000000114. The molecule has 2 rings (SSSR count). The minimum atomic E-state index is -1.03. The van der Waals surface area contributed by atoms with Gasteiger partial charge in [0.05, 0.1) is 16.1 Å². The van der Waals surface area contributed by atoms with Gasteiger partial charge in [0.15, 0.2) is 0 Å². The molecule has 0 atom stereocenters. The fraction of sp³-hybridized carbons (Fsp3) is 0.583. The molecule has 0 nitrogen and oxygen atoms in total. The summed E-state index contributed by atoms with van der Waals surface area (Å²) >= 11 is 2.03. The first kappa shape index (κ1) is 41.2. The van der Waals surface area contributed by atoms with Gasteiger partial charge in [-0.3, -0.25) is 12.2 Å². The second kappa shape index (κ2) is 18.3. The van der Waals surface area contributed by atoms with Crippen molar-refractivity contribution in [3.8, 4) is 0 Å². The summed E-state index contributed by atoms with van der Waals surface area (Å²) in [6.07, 6.45) is 13.9. The minimum absolute atomic E-state index is 0. The van der Waals surface area contributed by atoms with Crippen LogP contribution in [0.2, 0.25) is 39.3 Å². The third kappa shape index (κ3) is 14.9. The van der Waals surface area contributed by atoms with Crippen LogP contribution in [0, 0.1) is 38.8 Å². The standard InChI is InChI=1S/2C11H19Si.2CH3.2ClH.H2Si.Ti/c2*1-9(2)10-6-7-11(8-10)12(3,4)5;;;;;;/h2*8-9H,7H2,1-5H3;2*1H3;2*1H;1H2;/q4*-1;;;;. The molecule has 30 heavy (non-hydrogen) atoms. The van der Waals surface area contributed by atoms with Crippen molar-refractivity contribution in [2.45, 2.75) is 79.8 Å². The Morgan fingerprint density at radius 3 is 1.03 bits per heavy atom. The summed E-state index contributed by atoms with van der Waals surface area (Å²) in [6.45, 7) is 23.4. The fourth-order valence-corrected chi connectivity index (χ4v) is 5.09. The maximum atomic E-state index is 3.47. The van der Waals surface area contributed by atoms with Gasteiger partial charge in [-0.05, 0) is 0 Å². The molecule has 178 valence electrons. The van der Waals surface area contributed by atoms with E-state index in [2.05, 4.69) is 91.3 Å². The van der Waals surface area contributed by atoms with Gasteiger partial charge in [0.2, 0.25) is 0 Å². The molecule has 0 spiro atoms. The normalized spacial score (nSPS) is 14.6. The second-order valence-electron chi connectivity index (χ2n) is 9.77. The van der Waals surface area contributed by atoms with E-state index >= 15 is 0 Å². The predicted octanol–water partition coefficient (Wildman–Crippen LogP) is 7.98. The summed E-state index contributed by atoms with van der Waals surface area (Å²) in [5.74, 6) is 1.30. The van der Waals surface area contributed by atoms with Gasteiger partial charge < -0.3 is 14.9 Å². The molecule has 0 N–H and O–H groups in total. The first-order chi connectivity index (χ1) is 11.8. The molecule has 0 saturated heterocycles. The van der Waals surface area contributed by atoms with Crippen molar-refractivity contribution in [3.63, 3.8) is 0 Å². The van der Waals surface area contributed by atoms with Crippen molar-refractivity contribution in [3.05, 3.63) is 60.7 Å². The van der Waals surface area contributed by atoms with E-state index in [0.717, 1.165) is 12.8 Å². The van der Waals surface area contributed by atoms with Gasteiger partial charge >= 0.3 is 26.8 Å². The van der Waals surface area contributed by atoms with Crippen molar-refractivity contribution in [2.24, 2.45) is 11.8 Å². The van der Waals surface area contributed by atoms with Gasteiger partial charge in [-0.15, -0.1) is 37.7 Å². The van der Waals surface area contributed by atoms with Crippen molar-refractivity contribution in [1.29, 1.82) is 0 Å². The van der Waals surface area contributed by atoms with E-state index in [-0.39, 0.29) is 39.7 Å². The van der Waals surface area contributed by atoms with Gasteiger partial charge in [-0.25, -0.2) is 23.3 Å². The molecule has 0 aromatic carbocycles. The van der Waals surface area contributed by atoms with Crippen LogP contribution < -0.4 is 0 Å². The van der Waals surface area contributed by atoms with Gasteiger partial charge in [-0.1, -0.05) is 78.8 Å². The van der Waals surface area contributed by atoms with Crippen LogP contribution >= 0.6 is 24.8 Å². The van der Waals surface area contributed by atoms with E-state index in [1.54, 1.807) is 10.4 Å². The van der Waals surface area contributed by atoms with Gasteiger partial charge in [0.25, 0.3) is 0 Å². The molecule has 0 aliphatic heterocycles. The Labute approximate surface area is 218 Å². The Morgan fingerprint density at radius 2 is 0.933 bits per heavy atom. The zero-order chi connectivity index (χ0) is 20.7. The van der Waals surface area contributed by atoms with Crippen LogP contribution in [0.4, 0.5) is 0 Å².